The topological polar surface area (TPSA) is 16.1 Å². The van der Waals surface area contributed by atoms with E-state index < -0.39 is 0 Å². The third kappa shape index (κ3) is 3.63. The molecule has 2 aromatic rings. The van der Waals surface area contributed by atoms with Crippen molar-refractivity contribution < 1.29 is 0 Å². The Balaban J connectivity index is 1.69. The monoisotopic (exact) mass is 402 g/mol. The lowest BCUT2D eigenvalue weighted by Crippen LogP contribution is -2.44. The van der Waals surface area contributed by atoms with Gasteiger partial charge in [-0.2, -0.15) is 0 Å². The van der Waals surface area contributed by atoms with Crippen LogP contribution in [0.3, 0.4) is 0 Å². The molecule has 1 aromatic carbocycles. The van der Waals surface area contributed by atoms with Crippen LogP contribution in [0.25, 0.3) is 11.1 Å². The van der Waals surface area contributed by atoms with Crippen molar-refractivity contribution in [3.05, 3.63) is 65.9 Å². The summed E-state index contributed by atoms with van der Waals surface area (Å²) in [6.07, 6.45) is 9.25. The minimum atomic E-state index is 0.0148. The quantitative estimate of drug-likeness (QED) is 0.525. The Labute approximate surface area is 180 Å². The van der Waals surface area contributed by atoms with E-state index in [4.69, 9.17) is 0 Å². The Morgan fingerprint density at radius 1 is 1.17 bits per heavy atom. The minimum Gasteiger partial charge on any atom is -0.344 e. The van der Waals surface area contributed by atoms with Gasteiger partial charge >= 0.3 is 0 Å². The maximum Gasteiger partial charge on any atom is 0.184 e. The second-order valence-corrected chi connectivity index (χ2v) is 10.7. The van der Waals surface area contributed by atoms with Crippen molar-refractivity contribution in [1.82, 2.24) is 4.98 Å². The van der Waals surface area contributed by atoms with E-state index in [0.29, 0.717) is 0 Å². The van der Waals surface area contributed by atoms with Crippen molar-refractivity contribution in [3.63, 3.8) is 0 Å². The molecular weight excluding hydrogens is 371 g/mol. The summed E-state index contributed by atoms with van der Waals surface area (Å²) in [4.78, 5) is 7.11. The van der Waals surface area contributed by atoms with Gasteiger partial charge < -0.3 is 4.90 Å². The van der Waals surface area contributed by atoms with Gasteiger partial charge in [-0.3, -0.25) is 0 Å². The molecule has 2 heterocycles. The van der Waals surface area contributed by atoms with Crippen molar-refractivity contribution in [2.24, 2.45) is 10.8 Å². The number of allylic oxidation sites excluding steroid dienone is 3. The number of thiazole rings is 1. The largest absolute Gasteiger partial charge is 0.344 e. The van der Waals surface area contributed by atoms with E-state index in [1.165, 1.54) is 27.9 Å². The van der Waals surface area contributed by atoms with Crippen LogP contribution in [-0.4, -0.2) is 25.9 Å². The van der Waals surface area contributed by atoms with Gasteiger partial charge in [0, 0.05) is 30.1 Å². The summed E-state index contributed by atoms with van der Waals surface area (Å²) in [6, 6.07) is 8.96. The Morgan fingerprint density at radius 2 is 1.90 bits per heavy atom. The zero-order valence-corrected chi connectivity index (χ0v) is 19.2. The van der Waals surface area contributed by atoms with Crippen LogP contribution in [0.5, 0.6) is 0 Å². The maximum atomic E-state index is 4.65. The molecule has 150 valence electrons. The predicted octanol–water partition coefficient (Wildman–Crippen LogP) is 5.09. The van der Waals surface area contributed by atoms with Crippen LogP contribution < -0.4 is 9.68 Å². The Hall–Kier alpha value is -2.07. The van der Waals surface area contributed by atoms with Gasteiger partial charge in [-0.15, -0.1) is 11.3 Å². The SMILES string of the molecule is Bc1cnc(N2CC=C3C(C)(C)C(c4ccc(C(=C)C)cc4)=CCC[C@]3(C)C2)s1. The van der Waals surface area contributed by atoms with Gasteiger partial charge in [0.25, 0.3) is 0 Å². The first-order valence-corrected chi connectivity index (χ1v) is 11.4. The van der Waals surface area contributed by atoms with Crippen molar-refractivity contribution in [2.45, 2.75) is 40.5 Å². The van der Waals surface area contributed by atoms with E-state index in [1.54, 1.807) is 16.9 Å². The molecule has 29 heavy (non-hydrogen) atoms. The van der Waals surface area contributed by atoms with Crippen LogP contribution in [0, 0.1) is 10.8 Å². The van der Waals surface area contributed by atoms with Crippen LogP contribution in [0.1, 0.15) is 51.7 Å². The molecule has 1 aliphatic carbocycles. The maximum absolute atomic E-state index is 4.65. The normalized spacial score (nSPS) is 23.7. The third-order valence-electron chi connectivity index (χ3n) is 6.67. The van der Waals surface area contributed by atoms with Crippen molar-refractivity contribution in [2.75, 3.05) is 18.0 Å². The Morgan fingerprint density at radius 3 is 2.52 bits per heavy atom. The number of hydrogen-bond donors (Lipinski definition) is 0. The molecule has 4 rings (SSSR count). The van der Waals surface area contributed by atoms with E-state index in [0.717, 1.165) is 30.2 Å². The first-order chi connectivity index (χ1) is 13.7. The molecule has 0 unspecified atom stereocenters. The molecule has 1 aliphatic heterocycles. The van der Waals surface area contributed by atoms with Gasteiger partial charge in [0.05, 0.1) is 0 Å². The average Bonchev–Trinajstić information content (AvgIpc) is 3.07. The number of aromatic nitrogens is 1. The summed E-state index contributed by atoms with van der Waals surface area (Å²) in [5.74, 6) is 0. The standard InChI is InChI=1S/C25H31BN2S/c1-17(2)18-8-10-19(11-9-18)20-7-6-13-25(5)16-28(23-27-15-22(26)29-23)14-12-21(25)24(20,3)4/h7-12,15H,1,6,13-14,16,26H2,2-5H3/t25-/m1/s1. The summed E-state index contributed by atoms with van der Waals surface area (Å²) in [6.45, 7) is 15.4. The molecule has 0 saturated heterocycles. The highest BCUT2D eigenvalue weighted by molar-refractivity contribution is 7.23. The Bertz CT molecular complexity index is 996. The molecule has 0 fully saturated rings. The van der Waals surface area contributed by atoms with Crippen molar-refractivity contribution in [3.8, 4) is 0 Å². The molecule has 0 saturated carbocycles. The van der Waals surface area contributed by atoms with Crippen molar-refractivity contribution in [1.29, 1.82) is 0 Å². The fourth-order valence-electron chi connectivity index (χ4n) is 5.23. The molecule has 4 heteroatoms. The zero-order chi connectivity index (χ0) is 20.8. The molecule has 0 bridgehead atoms. The fraction of sp³-hybridized carbons (Fsp3) is 0.400. The number of fused-ring (bicyclic) bond motifs is 1. The van der Waals surface area contributed by atoms with Crippen LogP contribution in [0.15, 0.2) is 54.8 Å². The number of rotatable bonds is 3. The second-order valence-electron chi connectivity index (χ2n) is 9.45. The highest BCUT2D eigenvalue weighted by atomic mass is 32.1. The van der Waals surface area contributed by atoms with Crippen molar-refractivity contribution >= 4 is 40.2 Å². The van der Waals surface area contributed by atoms with Crippen LogP contribution in [-0.2, 0) is 0 Å². The smallest absolute Gasteiger partial charge is 0.184 e. The third-order valence-corrected chi connectivity index (χ3v) is 7.64. The lowest BCUT2D eigenvalue weighted by Gasteiger charge is -2.46. The van der Waals surface area contributed by atoms with E-state index >= 15 is 0 Å². The molecule has 2 nitrogen and oxygen atoms in total. The van der Waals surface area contributed by atoms with E-state index in [-0.39, 0.29) is 10.8 Å². The summed E-state index contributed by atoms with van der Waals surface area (Å²) >= 11 is 1.80. The molecule has 0 spiro atoms. The van der Waals surface area contributed by atoms with E-state index in [2.05, 4.69) is 88.4 Å². The Kier molecular flexibility index (Phi) is 5.10. The van der Waals surface area contributed by atoms with Gasteiger partial charge in [0.2, 0.25) is 0 Å². The van der Waals surface area contributed by atoms with Crippen LogP contribution in [0.4, 0.5) is 5.13 Å². The molecule has 0 N–H and O–H groups in total. The zero-order valence-electron chi connectivity index (χ0n) is 18.4. The van der Waals surface area contributed by atoms with Gasteiger partial charge in [-0.1, -0.05) is 74.9 Å². The van der Waals surface area contributed by atoms with E-state index in [9.17, 15) is 0 Å². The fourth-order valence-corrected chi connectivity index (χ4v) is 5.99. The average molecular weight is 402 g/mol. The summed E-state index contributed by atoms with van der Waals surface area (Å²) < 4.78 is 1.28. The first-order valence-electron chi connectivity index (χ1n) is 10.6. The molecule has 2 aliphatic rings. The summed E-state index contributed by atoms with van der Waals surface area (Å²) in [5, 5.41) is 1.16. The minimum absolute atomic E-state index is 0.0148. The highest BCUT2D eigenvalue weighted by Crippen LogP contribution is 2.54. The predicted molar refractivity (Wildman–Crippen MR) is 131 cm³/mol. The number of hydrogen-bond acceptors (Lipinski definition) is 3. The molecule has 1 atom stereocenters. The molecular formula is C25H31BN2S. The molecule has 0 radical (unpaired) electrons. The second kappa shape index (κ2) is 7.32. The lowest BCUT2D eigenvalue weighted by atomic mass is 9.63. The van der Waals surface area contributed by atoms with Gasteiger partial charge in [0.1, 0.15) is 0 Å². The van der Waals surface area contributed by atoms with Gasteiger partial charge in [0.15, 0.2) is 13.0 Å². The first kappa shape index (κ1) is 20.2. The van der Waals surface area contributed by atoms with Gasteiger partial charge in [-0.05, 0) is 41.2 Å². The van der Waals surface area contributed by atoms with Crippen LogP contribution >= 0.6 is 11.3 Å². The van der Waals surface area contributed by atoms with E-state index in [1.807, 2.05) is 6.20 Å². The lowest BCUT2D eigenvalue weighted by molar-refractivity contribution is 0.311. The number of nitrogens with zero attached hydrogens (tertiary/aromatic N) is 2. The highest BCUT2D eigenvalue weighted by Gasteiger charge is 2.44. The summed E-state index contributed by atoms with van der Waals surface area (Å²) in [5.41, 5.74) is 6.89. The van der Waals surface area contributed by atoms with Crippen LogP contribution in [0.2, 0.25) is 0 Å². The number of anilines is 1. The molecule has 1 aromatic heterocycles. The summed E-state index contributed by atoms with van der Waals surface area (Å²) in [7, 11) is 2.14. The molecule has 0 amide bonds. The number of benzene rings is 1. The van der Waals surface area contributed by atoms with Gasteiger partial charge in [-0.25, -0.2) is 4.98 Å².